The number of carbonyl (C=O) groups excluding carboxylic acids is 1. The normalized spacial score (nSPS) is 22.5. The van der Waals surface area contributed by atoms with Gasteiger partial charge in [-0.25, -0.2) is 0 Å². The molecule has 0 fully saturated rings. The fraction of sp³-hybridized carbons (Fsp3) is 0.353. The van der Waals surface area contributed by atoms with E-state index in [2.05, 4.69) is 0 Å². The molecule has 1 aromatic rings. The second kappa shape index (κ2) is 5.77. The van der Waals surface area contributed by atoms with Crippen LogP contribution in [-0.4, -0.2) is 5.78 Å². The number of nitriles is 2. The van der Waals surface area contributed by atoms with Crippen LogP contribution in [0.3, 0.4) is 0 Å². The molecule has 0 radical (unpaired) electrons. The number of hydrogen-bond acceptors (Lipinski definition) is 7. The van der Waals surface area contributed by atoms with Gasteiger partial charge in [-0.2, -0.15) is 10.5 Å². The minimum absolute atomic E-state index is 0.00219. The number of thiocyanates is 1. The highest BCUT2D eigenvalue weighted by Gasteiger charge is 2.44. The number of nitrogens with zero attached hydrogens (tertiary/aromatic N) is 2. The van der Waals surface area contributed by atoms with Gasteiger partial charge in [-0.1, -0.05) is 13.8 Å². The summed E-state index contributed by atoms with van der Waals surface area (Å²) in [6, 6.07) is 5.33. The average Bonchev–Trinajstić information content (AvgIpc) is 2.93. The van der Waals surface area contributed by atoms with Gasteiger partial charge in [0.2, 0.25) is 5.88 Å². The zero-order valence-corrected chi connectivity index (χ0v) is 14.1. The number of rotatable bonds is 2. The Labute approximate surface area is 143 Å². The summed E-state index contributed by atoms with van der Waals surface area (Å²) in [7, 11) is 0. The molecule has 122 valence electrons. The SMILES string of the molecule is CC1(C)CC(=O)C2=C(C1)OC(N)=C(C#N)[C@H]2c1ccc(SC#N)o1. The second-order valence-corrected chi connectivity index (χ2v) is 7.34. The summed E-state index contributed by atoms with van der Waals surface area (Å²) >= 11 is 0.876. The Bertz CT molecular complexity index is 864. The number of furan rings is 1. The van der Waals surface area contributed by atoms with E-state index in [1.165, 1.54) is 0 Å². The number of carbonyl (C=O) groups is 1. The van der Waals surface area contributed by atoms with Crippen molar-refractivity contribution in [2.75, 3.05) is 0 Å². The van der Waals surface area contributed by atoms with Crippen LogP contribution in [-0.2, 0) is 9.53 Å². The number of Topliss-reactive ketones (excluding diaryl/α,β-unsaturated/α-hetero) is 1. The smallest absolute Gasteiger partial charge is 0.205 e. The predicted molar refractivity (Wildman–Crippen MR) is 85.9 cm³/mol. The Hall–Kier alpha value is -2.64. The molecule has 0 saturated heterocycles. The molecule has 0 spiro atoms. The molecule has 24 heavy (non-hydrogen) atoms. The summed E-state index contributed by atoms with van der Waals surface area (Å²) in [6.45, 7) is 3.97. The molecule has 2 heterocycles. The van der Waals surface area contributed by atoms with Crippen LogP contribution >= 0.6 is 11.8 Å². The molecule has 6 nitrogen and oxygen atoms in total. The van der Waals surface area contributed by atoms with Crippen LogP contribution in [0, 0.1) is 27.4 Å². The first kappa shape index (κ1) is 16.2. The first-order chi connectivity index (χ1) is 11.4. The van der Waals surface area contributed by atoms with E-state index in [0.29, 0.717) is 35.0 Å². The van der Waals surface area contributed by atoms with Crippen LogP contribution in [0.5, 0.6) is 0 Å². The van der Waals surface area contributed by atoms with Crippen molar-refractivity contribution in [3.63, 3.8) is 0 Å². The summed E-state index contributed by atoms with van der Waals surface area (Å²) in [5.41, 5.74) is 6.28. The van der Waals surface area contributed by atoms with Gasteiger partial charge < -0.3 is 14.9 Å². The van der Waals surface area contributed by atoms with Gasteiger partial charge in [0.05, 0.1) is 5.92 Å². The highest BCUT2D eigenvalue weighted by atomic mass is 32.2. The molecule has 2 aliphatic rings. The van der Waals surface area contributed by atoms with Crippen LogP contribution in [0.15, 0.2) is 44.4 Å². The third-order valence-corrected chi connectivity index (χ3v) is 4.62. The molecule has 1 atom stereocenters. The number of nitrogens with two attached hydrogens (primary N) is 1. The number of thioether (sulfide) groups is 1. The van der Waals surface area contributed by atoms with Crippen molar-refractivity contribution >= 4 is 17.5 Å². The van der Waals surface area contributed by atoms with E-state index in [-0.39, 0.29) is 22.7 Å². The van der Waals surface area contributed by atoms with Crippen LogP contribution in [0.1, 0.15) is 38.4 Å². The van der Waals surface area contributed by atoms with Crippen molar-refractivity contribution in [2.45, 2.75) is 37.7 Å². The highest BCUT2D eigenvalue weighted by Crippen LogP contribution is 2.48. The number of allylic oxidation sites excluding steroid dienone is 3. The molecule has 7 heteroatoms. The highest BCUT2D eigenvalue weighted by molar-refractivity contribution is 8.03. The van der Waals surface area contributed by atoms with Gasteiger partial charge in [0.1, 0.15) is 28.6 Å². The van der Waals surface area contributed by atoms with Crippen molar-refractivity contribution < 1.29 is 13.9 Å². The maximum absolute atomic E-state index is 12.7. The summed E-state index contributed by atoms with van der Waals surface area (Å²) < 4.78 is 11.3. The topological polar surface area (TPSA) is 113 Å². The summed E-state index contributed by atoms with van der Waals surface area (Å²) in [5, 5.41) is 20.6. The molecule has 0 amide bonds. The Morgan fingerprint density at radius 2 is 2.08 bits per heavy atom. The van der Waals surface area contributed by atoms with Crippen molar-refractivity contribution in [2.24, 2.45) is 11.1 Å². The third-order valence-electron chi connectivity index (χ3n) is 4.11. The number of ether oxygens (including phenoxy) is 1. The fourth-order valence-corrected chi connectivity index (χ4v) is 3.52. The Balaban J connectivity index is 2.13. The predicted octanol–water partition coefficient (Wildman–Crippen LogP) is 3.30. The minimum Gasteiger partial charge on any atom is -0.453 e. The third kappa shape index (κ3) is 2.68. The largest absolute Gasteiger partial charge is 0.453 e. The summed E-state index contributed by atoms with van der Waals surface area (Å²) in [5.74, 6) is 0.158. The molecular formula is C17H15N3O3S. The molecule has 2 N–H and O–H groups in total. The van der Waals surface area contributed by atoms with Crippen LogP contribution in [0.4, 0.5) is 0 Å². The van der Waals surface area contributed by atoms with Crippen LogP contribution in [0.2, 0.25) is 0 Å². The van der Waals surface area contributed by atoms with Gasteiger partial charge in [0.15, 0.2) is 10.9 Å². The first-order valence-corrected chi connectivity index (χ1v) is 8.17. The zero-order chi connectivity index (χ0) is 17.5. The molecule has 0 aromatic carbocycles. The van der Waals surface area contributed by atoms with Gasteiger partial charge in [-0.3, -0.25) is 4.79 Å². The van der Waals surface area contributed by atoms with Crippen molar-refractivity contribution in [1.29, 1.82) is 10.5 Å². The van der Waals surface area contributed by atoms with Gasteiger partial charge in [-0.15, -0.1) is 0 Å². The van der Waals surface area contributed by atoms with E-state index in [9.17, 15) is 10.1 Å². The maximum atomic E-state index is 12.7. The monoisotopic (exact) mass is 341 g/mol. The van der Waals surface area contributed by atoms with Crippen LogP contribution < -0.4 is 5.73 Å². The second-order valence-electron chi connectivity index (χ2n) is 6.55. The van der Waals surface area contributed by atoms with E-state index < -0.39 is 5.92 Å². The quantitative estimate of drug-likeness (QED) is 0.648. The standard InChI is InChI=1S/C17H15N3O3S/c1-17(2)5-10(21)15-12(6-17)23-16(20)9(7-18)14(15)11-3-4-13(22-11)24-8-19/h3-4,14H,5-6,20H2,1-2H3/t14-/m0/s1. The van der Waals surface area contributed by atoms with E-state index in [1.807, 2.05) is 25.3 Å². The molecule has 0 bridgehead atoms. The van der Waals surface area contributed by atoms with Gasteiger partial charge in [-0.05, 0) is 17.5 Å². The van der Waals surface area contributed by atoms with Crippen molar-refractivity contribution in [3.8, 4) is 11.5 Å². The first-order valence-electron chi connectivity index (χ1n) is 7.36. The summed E-state index contributed by atoms with van der Waals surface area (Å²) in [4.78, 5) is 12.7. The Morgan fingerprint density at radius 1 is 1.33 bits per heavy atom. The Morgan fingerprint density at radius 3 is 2.75 bits per heavy atom. The lowest BCUT2D eigenvalue weighted by molar-refractivity contribution is -0.119. The molecule has 1 aliphatic heterocycles. The average molecular weight is 341 g/mol. The Kier molecular flexibility index (Phi) is 3.90. The van der Waals surface area contributed by atoms with E-state index in [0.717, 1.165) is 11.8 Å². The summed E-state index contributed by atoms with van der Waals surface area (Å²) in [6.07, 6.45) is 0.926. The lowest BCUT2D eigenvalue weighted by Gasteiger charge is -2.36. The molecule has 0 unspecified atom stereocenters. The molecule has 0 saturated carbocycles. The number of hydrogen-bond donors (Lipinski definition) is 1. The minimum atomic E-state index is -0.685. The fourth-order valence-electron chi connectivity index (χ4n) is 3.16. The number of ketones is 1. The van der Waals surface area contributed by atoms with E-state index in [4.69, 9.17) is 20.1 Å². The zero-order valence-electron chi connectivity index (χ0n) is 13.3. The van der Waals surface area contributed by atoms with Crippen molar-refractivity contribution in [1.82, 2.24) is 0 Å². The van der Waals surface area contributed by atoms with E-state index in [1.54, 1.807) is 12.1 Å². The maximum Gasteiger partial charge on any atom is 0.205 e. The lowest BCUT2D eigenvalue weighted by atomic mass is 9.71. The molecule has 1 aliphatic carbocycles. The lowest BCUT2D eigenvalue weighted by Crippen LogP contribution is -2.33. The molecular weight excluding hydrogens is 326 g/mol. The molecule has 1 aromatic heterocycles. The van der Waals surface area contributed by atoms with Crippen LogP contribution in [0.25, 0.3) is 0 Å². The van der Waals surface area contributed by atoms with Gasteiger partial charge in [0.25, 0.3) is 0 Å². The van der Waals surface area contributed by atoms with Gasteiger partial charge in [0, 0.05) is 30.2 Å². The van der Waals surface area contributed by atoms with E-state index >= 15 is 0 Å². The van der Waals surface area contributed by atoms with Gasteiger partial charge >= 0.3 is 0 Å². The molecule has 3 rings (SSSR count). The van der Waals surface area contributed by atoms with Crippen molar-refractivity contribution in [3.05, 3.63) is 40.7 Å².